The fourth-order valence-electron chi connectivity index (χ4n) is 4.15. The molecule has 0 radical (unpaired) electrons. The van der Waals surface area contributed by atoms with Gasteiger partial charge >= 0.3 is 0 Å². The second-order valence-electron chi connectivity index (χ2n) is 7.51. The van der Waals surface area contributed by atoms with E-state index in [4.69, 9.17) is 14.2 Å². The summed E-state index contributed by atoms with van der Waals surface area (Å²) in [6, 6.07) is 21.9. The molecule has 1 unspecified atom stereocenters. The van der Waals surface area contributed by atoms with Gasteiger partial charge in [0.1, 0.15) is 5.75 Å². The summed E-state index contributed by atoms with van der Waals surface area (Å²) in [5, 5.41) is 2.83. The first kappa shape index (κ1) is 19.5. The van der Waals surface area contributed by atoms with Crippen LogP contribution in [0.25, 0.3) is 0 Å². The van der Waals surface area contributed by atoms with Crippen molar-refractivity contribution in [2.75, 3.05) is 19.0 Å². The van der Waals surface area contributed by atoms with E-state index in [-0.39, 0.29) is 17.8 Å². The van der Waals surface area contributed by atoms with Crippen molar-refractivity contribution >= 4 is 17.4 Å². The molecule has 2 aliphatic heterocycles. The average molecular weight is 415 g/mol. The summed E-state index contributed by atoms with van der Waals surface area (Å²) in [6.45, 7) is 0.358. The lowest BCUT2D eigenvalue weighted by molar-refractivity contribution is -0.282. The summed E-state index contributed by atoms with van der Waals surface area (Å²) in [6.07, 6.45) is 0.342. The summed E-state index contributed by atoms with van der Waals surface area (Å²) < 4.78 is 17.5. The van der Waals surface area contributed by atoms with E-state index in [2.05, 4.69) is 5.32 Å². The van der Waals surface area contributed by atoms with E-state index in [0.717, 1.165) is 5.56 Å². The Morgan fingerprint density at radius 2 is 1.84 bits per heavy atom. The molecule has 156 valence electrons. The number of amides is 1. The van der Waals surface area contributed by atoms with Crippen LogP contribution in [0.1, 0.15) is 39.6 Å². The van der Waals surface area contributed by atoms with Crippen LogP contribution in [0.3, 0.4) is 0 Å². The van der Waals surface area contributed by atoms with Crippen molar-refractivity contribution in [3.05, 3.63) is 95.1 Å². The highest BCUT2D eigenvalue weighted by molar-refractivity contribution is 6.12. The van der Waals surface area contributed by atoms with E-state index in [1.807, 2.05) is 36.4 Å². The van der Waals surface area contributed by atoms with E-state index < -0.39 is 5.79 Å². The van der Waals surface area contributed by atoms with Gasteiger partial charge in [-0.2, -0.15) is 0 Å². The monoisotopic (exact) mass is 415 g/mol. The first-order valence-electron chi connectivity index (χ1n) is 10.1. The Bertz CT molecular complexity index is 1160. The molecule has 0 saturated carbocycles. The SMILES string of the molecule is COc1ccccc1C(=O)c1ccc2c(c1)[C@]1(OCCC(c3ccccc3)O1)C(=O)N2. The summed E-state index contributed by atoms with van der Waals surface area (Å²) in [7, 11) is 1.53. The Morgan fingerprint density at radius 1 is 1.06 bits per heavy atom. The fourth-order valence-corrected chi connectivity index (χ4v) is 4.15. The third-order valence-corrected chi connectivity index (χ3v) is 5.70. The maximum atomic E-state index is 13.2. The molecular formula is C25H21NO5. The molecule has 3 aromatic rings. The van der Waals surface area contributed by atoms with E-state index in [1.54, 1.807) is 36.4 Å². The van der Waals surface area contributed by atoms with Gasteiger partial charge in [0, 0.05) is 17.5 Å². The van der Waals surface area contributed by atoms with E-state index >= 15 is 0 Å². The molecule has 2 atom stereocenters. The molecule has 5 rings (SSSR count). The lowest BCUT2D eigenvalue weighted by Crippen LogP contribution is -2.44. The van der Waals surface area contributed by atoms with Crippen molar-refractivity contribution < 1.29 is 23.8 Å². The second kappa shape index (κ2) is 7.65. The zero-order valence-corrected chi connectivity index (χ0v) is 17.0. The van der Waals surface area contributed by atoms with Crippen LogP contribution in [0.15, 0.2) is 72.8 Å². The largest absolute Gasteiger partial charge is 0.496 e. The molecule has 2 heterocycles. The lowest BCUT2D eigenvalue weighted by Gasteiger charge is -2.37. The minimum absolute atomic E-state index is 0.204. The number of carbonyl (C=O) groups excluding carboxylic acids is 2. The van der Waals surface area contributed by atoms with Gasteiger partial charge in [0.25, 0.3) is 11.7 Å². The zero-order valence-electron chi connectivity index (χ0n) is 17.0. The number of rotatable bonds is 4. The van der Waals surface area contributed by atoms with E-state index in [9.17, 15) is 9.59 Å². The highest BCUT2D eigenvalue weighted by atomic mass is 16.7. The minimum atomic E-state index is -1.58. The number of hydrogen-bond donors (Lipinski definition) is 1. The number of nitrogens with one attached hydrogen (secondary N) is 1. The van der Waals surface area contributed by atoms with Crippen molar-refractivity contribution in [2.24, 2.45) is 0 Å². The number of carbonyl (C=O) groups is 2. The number of ether oxygens (including phenoxy) is 3. The van der Waals surface area contributed by atoms with Crippen LogP contribution in [0.5, 0.6) is 5.75 Å². The number of benzene rings is 3. The zero-order chi connectivity index (χ0) is 21.4. The van der Waals surface area contributed by atoms with Crippen LogP contribution in [-0.2, 0) is 20.1 Å². The number of hydrogen-bond acceptors (Lipinski definition) is 5. The standard InChI is InChI=1S/C25H21NO5/c1-29-22-10-6-5-9-18(22)23(27)17-11-12-20-19(15-17)25(24(28)26-20)30-14-13-21(31-25)16-7-3-2-4-8-16/h2-12,15,21H,13-14H2,1H3,(H,26,28)/t21?,25-/m1/s1. The third kappa shape index (κ3) is 3.21. The van der Waals surface area contributed by atoms with Crippen LogP contribution >= 0.6 is 0 Å². The summed E-state index contributed by atoms with van der Waals surface area (Å²) in [4.78, 5) is 26.2. The molecule has 0 aromatic heterocycles. The molecule has 1 spiro atoms. The van der Waals surface area contributed by atoms with Crippen LogP contribution in [0.2, 0.25) is 0 Å². The molecule has 1 amide bonds. The topological polar surface area (TPSA) is 73.9 Å². The summed E-state index contributed by atoms with van der Waals surface area (Å²) in [5.41, 5.74) is 2.94. The second-order valence-corrected chi connectivity index (χ2v) is 7.51. The average Bonchev–Trinajstić information content (AvgIpc) is 3.09. The van der Waals surface area contributed by atoms with Gasteiger partial charge in [0.15, 0.2) is 5.78 Å². The molecule has 1 saturated heterocycles. The van der Waals surface area contributed by atoms with Crippen molar-refractivity contribution in [2.45, 2.75) is 18.3 Å². The molecule has 0 aliphatic carbocycles. The third-order valence-electron chi connectivity index (χ3n) is 5.70. The highest BCUT2D eigenvalue weighted by Crippen LogP contribution is 2.46. The molecule has 6 heteroatoms. The molecule has 6 nitrogen and oxygen atoms in total. The van der Waals surface area contributed by atoms with Crippen LogP contribution < -0.4 is 10.1 Å². The molecular weight excluding hydrogens is 394 g/mol. The maximum absolute atomic E-state index is 13.2. The van der Waals surface area contributed by atoms with Crippen molar-refractivity contribution in [3.63, 3.8) is 0 Å². The van der Waals surface area contributed by atoms with Crippen LogP contribution in [0, 0.1) is 0 Å². The van der Waals surface area contributed by atoms with Gasteiger partial charge in [0.05, 0.1) is 31.1 Å². The normalized spacial score (nSPS) is 22.1. The Labute approximate surface area is 179 Å². The highest BCUT2D eigenvalue weighted by Gasteiger charge is 2.53. The molecule has 1 fully saturated rings. The quantitative estimate of drug-likeness (QED) is 0.646. The number of methoxy groups -OCH3 is 1. The Morgan fingerprint density at radius 3 is 2.65 bits per heavy atom. The number of ketones is 1. The fraction of sp³-hybridized carbons (Fsp3) is 0.200. The van der Waals surface area contributed by atoms with Gasteiger partial charge in [-0.3, -0.25) is 9.59 Å². The van der Waals surface area contributed by atoms with Gasteiger partial charge in [-0.05, 0) is 35.9 Å². The van der Waals surface area contributed by atoms with Crippen molar-refractivity contribution in [1.29, 1.82) is 0 Å². The molecule has 3 aromatic carbocycles. The van der Waals surface area contributed by atoms with Gasteiger partial charge in [0.2, 0.25) is 0 Å². The van der Waals surface area contributed by atoms with Gasteiger partial charge in [-0.25, -0.2) is 0 Å². The smallest absolute Gasteiger partial charge is 0.289 e. The van der Waals surface area contributed by atoms with Crippen LogP contribution in [0.4, 0.5) is 5.69 Å². The first-order chi connectivity index (χ1) is 15.1. The van der Waals surface area contributed by atoms with Gasteiger partial charge < -0.3 is 19.5 Å². The Balaban J connectivity index is 1.54. The summed E-state index contributed by atoms with van der Waals surface area (Å²) in [5.74, 6) is -1.67. The lowest BCUT2D eigenvalue weighted by atomic mass is 9.96. The first-order valence-corrected chi connectivity index (χ1v) is 10.1. The molecule has 1 N–H and O–H groups in total. The molecule has 31 heavy (non-hydrogen) atoms. The van der Waals surface area contributed by atoms with Crippen molar-refractivity contribution in [3.8, 4) is 5.75 Å². The molecule has 2 aliphatic rings. The number of anilines is 1. The summed E-state index contributed by atoms with van der Waals surface area (Å²) >= 11 is 0. The van der Waals surface area contributed by atoms with Crippen molar-refractivity contribution in [1.82, 2.24) is 0 Å². The van der Waals surface area contributed by atoms with Gasteiger partial charge in [-0.1, -0.05) is 42.5 Å². The Hall–Kier alpha value is -3.48. The predicted molar refractivity (Wildman–Crippen MR) is 114 cm³/mol. The van der Waals surface area contributed by atoms with Crippen LogP contribution in [-0.4, -0.2) is 25.4 Å². The van der Waals surface area contributed by atoms with Gasteiger partial charge in [-0.15, -0.1) is 0 Å². The van der Waals surface area contributed by atoms with E-state index in [1.165, 1.54) is 7.11 Å². The Kier molecular flexibility index (Phi) is 4.81. The maximum Gasteiger partial charge on any atom is 0.289 e. The number of fused-ring (bicyclic) bond motifs is 2. The number of para-hydroxylation sites is 1. The van der Waals surface area contributed by atoms with E-state index in [0.29, 0.717) is 41.2 Å². The molecule has 0 bridgehead atoms. The predicted octanol–water partition coefficient (Wildman–Crippen LogP) is 4.21. The minimum Gasteiger partial charge on any atom is -0.496 e.